The van der Waals surface area contributed by atoms with Crippen LogP contribution >= 0.6 is 11.6 Å². The van der Waals surface area contributed by atoms with Gasteiger partial charge >= 0.3 is 0 Å². The third-order valence-corrected chi connectivity index (χ3v) is 1.85. The summed E-state index contributed by atoms with van der Waals surface area (Å²) in [5, 5.41) is 9.03. The van der Waals surface area contributed by atoms with E-state index in [0.717, 1.165) is 11.1 Å². The molecule has 0 aliphatic rings. The summed E-state index contributed by atoms with van der Waals surface area (Å²) in [5.41, 5.74) is 1.92. The zero-order chi connectivity index (χ0) is 8.97. The van der Waals surface area contributed by atoms with Gasteiger partial charge in [-0.25, -0.2) is 4.98 Å². The number of rotatable bonds is 2. The summed E-state index contributed by atoms with van der Waals surface area (Å²) in [5.74, 6) is 0. The molecule has 0 atom stereocenters. The fourth-order valence-corrected chi connectivity index (χ4v) is 1.18. The smallest absolute Gasteiger partial charge is 0.136 e. The summed E-state index contributed by atoms with van der Waals surface area (Å²) in [6, 6.07) is 1.88. The van der Waals surface area contributed by atoms with Crippen molar-refractivity contribution < 1.29 is 5.11 Å². The van der Waals surface area contributed by atoms with Gasteiger partial charge in [0.15, 0.2) is 0 Å². The zero-order valence-corrected chi connectivity index (χ0v) is 7.54. The number of hydrogen-bond donors (Lipinski definition) is 1. The van der Waals surface area contributed by atoms with Crippen molar-refractivity contribution in [3.05, 3.63) is 34.6 Å². The van der Waals surface area contributed by atoms with Crippen molar-refractivity contribution in [1.82, 2.24) is 4.98 Å². The second kappa shape index (κ2) is 4.24. The maximum absolute atomic E-state index is 8.56. The van der Waals surface area contributed by atoms with Crippen molar-refractivity contribution >= 4 is 17.7 Å². The predicted octanol–water partition coefficient (Wildman–Crippen LogP) is 2.05. The number of halogens is 1. The number of hydrogen-bond acceptors (Lipinski definition) is 2. The molecule has 2 nitrogen and oxygen atoms in total. The molecule has 0 spiro atoms. The van der Waals surface area contributed by atoms with E-state index in [0.29, 0.717) is 5.15 Å². The summed E-state index contributed by atoms with van der Waals surface area (Å²) in [6.45, 7) is 1.97. The molecule has 0 aliphatic carbocycles. The highest BCUT2D eigenvalue weighted by atomic mass is 35.5. The van der Waals surface area contributed by atoms with E-state index in [-0.39, 0.29) is 6.61 Å². The van der Waals surface area contributed by atoms with E-state index in [1.165, 1.54) is 0 Å². The van der Waals surface area contributed by atoms with Gasteiger partial charge in [-0.15, -0.1) is 0 Å². The van der Waals surface area contributed by atoms with Crippen LogP contribution in [0.3, 0.4) is 0 Å². The molecular formula is C9H10ClNO. The molecule has 12 heavy (non-hydrogen) atoms. The molecule has 0 saturated heterocycles. The third kappa shape index (κ3) is 2.06. The van der Waals surface area contributed by atoms with Crippen LogP contribution in [0.5, 0.6) is 0 Å². The number of aromatic nitrogens is 1. The maximum Gasteiger partial charge on any atom is 0.136 e. The lowest BCUT2D eigenvalue weighted by molar-refractivity contribution is 0.343. The van der Waals surface area contributed by atoms with Crippen molar-refractivity contribution in [1.29, 1.82) is 0 Å². The molecule has 0 aliphatic heterocycles. The molecule has 0 unspecified atom stereocenters. The molecule has 3 heteroatoms. The van der Waals surface area contributed by atoms with Crippen LogP contribution in [-0.4, -0.2) is 16.7 Å². The fourth-order valence-electron chi connectivity index (χ4n) is 0.907. The van der Waals surface area contributed by atoms with E-state index in [1.54, 1.807) is 18.3 Å². The molecule has 0 amide bonds. The Bertz CT molecular complexity index is 276. The third-order valence-electron chi connectivity index (χ3n) is 1.55. The highest BCUT2D eigenvalue weighted by Gasteiger charge is 1.99. The van der Waals surface area contributed by atoms with Crippen LogP contribution in [0.15, 0.2) is 18.3 Å². The van der Waals surface area contributed by atoms with E-state index in [1.807, 2.05) is 13.0 Å². The second-order valence-electron chi connectivity index (χ2n) is 2.42. The minimum Gasteiger partial charge on any atom is -0.392 e. The van der Waals surface area contributed by atoms with Crippen LogP contribution in [0.1, 0.15) is 11.1 Å². The molecule has 0 aromatic carbocycles. The summed E-state index contributed by atoms with van der Waals surface area (Å²) >= 11 is 5.82. The molecule has 1 heterocycles. The first-order chi connectivity index (χ1) is 5.75. The van der Waals surface area contributed by atoms with E-state index < -0.39 is 0 Å². The molecule has 1 aromatic heterocycles. The molecule has 1 rings (SSSR count). The standard InChI is InChI=1S/C9H10ClNO/c1-7-4-5-11-9(10)8(7)3-2-6-12/h2-5,12H,6H2,1H3. The number of aryl methyl sites for hydroxylation is 1. The number of aliphatic hydroxyl groups is 1. The van der Waals surface area contributed by atoms with Crippen molar-refractivity contribution in [3.8, 4) is 0 Å². The van der Waals surface area contributed by atoms with Gasteiger partial charge in [0, 0.05) is 11.8 Å². The minimum atomic E-state index is 0.0185. The van der Waals surface area contributed by atoms with Crippen LogP contribution in [0.2, 0.25) is 5.15 Å². The summed E-state index contributed by atoms with van der Waals surface area (Å²) < 4.78 is 0. The average Bonchev–Trinajstić information content (AvgIpc) is 2.04. The SMILES string of the molecule is Cc1ccnc(Cl)c1C=CCO. The highest BCUT2D eigenvalue weighted by molar-refractivity contribution is 6.30. The first-order valence-electron chi connectivity index (χ1n) is 3.64. The molecule has 0 saturated carbocycles. The maximum atomic E-state index is 8.56. The first-order valence-corrected chi connectivity index (χ1v) is 4.02. The van der Waals surface area contributed by atoms with Crippen molar-refractivity contribution in [2.75, 3.05) is 6.61 Å². The quantitative estimate of drug-likeness (QED) is 0.712. The van der Waals surface area contributed by atoms with Crippen LogP contribution in [-0.2, 0) is 0 Å². The summed E-state index contributed by atoms with van der Waals surface area (Å²) in [4.78, 5) is 3.93. The Hall–Kier alpha value is -0.860. The lowest BCUT2D eigenvalue weighted by Crippen LogP contribution is -1.85. The van der Waals surface area contributed by atoms with Gasteiger partial charge in [0.1, 0.15) is 5.15 Å². The predicted molar refractivity (Wildman–Crippen MR) is 50.1 cm³/mol. The van der Waals surface area contributed by atoms with Crippen molar-refractivity contribution in [2.45, 2.75) is 6.92 Å². The fraction of sp³-hybridized carbons (Fsp3) is 0.222. The van der Waals surface area contributed by atoms with Crippen molar-refractivity contribution in [2.24, 2.45) is 0 Å². The lowest BCUT2D eigenvalue weighted by atomic mass is 10.1. The van der Waals surface area contributed by atoms with E-state index in [2.05, 4.69) is 4.98 Å². The van der Waals surface area contributed by atoms with Gasteiger partial charge in [0.05, 0.1) is 6.61 Å². The molecule has 0 fully saturated rings. The molecule has 0 bridgehead atoms. The Morgan fingerprint density at radius 2 is 2.42 bits per heavy atom. The van der Waals surface area contributed by atoms with Gasteiger partial charge in [0.25, 0.3) is 0 Å². The Balaban J connectivity index is 3.04. The Morgan fingerprint density at radius 1 is 1.67 bits per heavy atom. The van der Waals surface area contributed by atoms with Crippen molar-refractivity contribution in [3.63, 3.8) is 0 Å². The van der Waals surface area contributed by atoms with Crippen LogP contribution in [0.25, 0.3) is 6.08 Å². The summed E-state index contributed by atoms with van der Waals surface area (Å²) in [7, 11) is 0. The zero-order valence-electron chi connectivity index (χ0n) is 6.79. The monoisotopic (exact) mass is 183 g/mol. The Labute approximate surface area is 76.5 Å². The molecule has 1 aromatic rings. The topological polar surface area (TPSA) is 33.1 Å². The summed E-state index contributed by atoms with van der Waals surface area (Å²) in [6.07, 6.45) is 5.06. The molecule has 1 N–H and O–H groups in total. The molecule has 0 radical (unpaired) electrons. The van der Waals surface area contributed by atoms with E-state index >= 15 is 0 Å². The number of pyridine rings is 1. The normalized spacial score (nSPS) is 10.9. The molecule has 64 valence electrons. The molecular weight excluding hydrogens is 174 g/mol. The van der Waals surface area contributed by atoms with Gasteiger partial charge in [0.2, 0.25) is 0 Å². The van der Waals surface area contributed by atoms with E-state index in [4.69, 9.17) is 16.7 Å². The average molecular weight is 184 g/mol. The Kier molecular flexibility index (Phi) is 3.26. The lowest BCUT2D eigenvalue weighted by Gasteiger charge is -2.00. The highest BCUT2D eigenvalue weighted by Crippen LogP contribution is 2.17. The Morgan fingerprint density at radius 3 is 3.00 bits per heavy atom. The minimum absolute atomic E-state index is 0.0185. The van der Waals surface area contributed by atoms with Gasteiger partial charge in [-0.2, -0.15) is 0 Å². The van der Waals surface area contributed by atoms with Gasteiger partial charge in [-0.05, 0) is 18.6 Å². The number of nitrogens with zero attached hydrogens (tertiary/aromatic N) is 1. The van der Waals surface area contributed by atoms with Crippen LogP contribution in [0.4, 0.5) is 0 Å². The van der Waals surface area contributed by atoms with Gasteiger partial charge in [-0.1, -0.05) is 23.8 Å². The first kappa shape index (κ1) is 9.23. The van der Waals surface area contributed by atoms with Gasteiger partial charge in [-0.3, -0.25) is 0 Å². The largest absolute Gasteiger partial charge is 0.392 e. The van der Waals surface area contributed by atoms with Crippen LogP contribution in [0, 0.1) is 6.92 Å². The van der Waals surface area contributed by atoms with Crippen LogP contribution < -0.4 is 0 Å². The number of aliphatic hydroxyl groups excluding tert-OH is 1. The van der Waals surface area contributed by atoms with E-state index in [9.17, 15) is 0 Å². The van der Waals surface area contributed by atoms with Gasteiger partial charge < -0.3 is 5.11 Å². The second-order valence-corrected chi connectivity index (χ2v) is 2.78.